The molecule has 0 aliphatic carbocycles. The van der Waals surface area contributed by atoms with Crippen molar-refractivity contribution in [3.8, 4) is 23.3 Å². The Hall–Kier alpha value is -2.63. The van der Waals surface area contributed by atoms with E-state index in [-0.39, 0.29) is 5.71 Å². The summed E-state index contributed by atoms with van der Waals surface area (Å²) < 4.78 is 1.04. The molecule has 5 heteroatoms. The SMILES string of the molecule is N#CC(C#N)=NNc1ccc(-c2ccc(Br)cc2)cc1. The normalized spacial score (nSPS) is 9.15. The third-order valence-electron chi connectivity index (χ3n) is 2.57. The second kappa shape index (κ2) is 6.51. The average molecular weight is 325 g/mol. The number of hydrazone groups is 1. The molecule has 0 aliphatic rings. The number of hydrogen-bond donors (Lipinski definition) is 1. The summed E-state index contributed by atoms with van der Waals surface area (Å²) in [4.78, 5) is 0. The van der Waals surface area contributed by atoms with Crippen LogP contribution in [0.4, 0.5) is 5.69 Å². The van der Waals surface area contributed by atoms with Gasteiger partial charge in [0, 0.05) is 4.47 Å². The Balaban J connectivity index is 2.15. The number of nitrogens with one attached hydrogen (secondary N) is 1. The van der Waals surface area contributed by atoms with Crippen molar-refractivity contribution in [3.05, 3.63) is 53.0 Å². The maximum absolute atomic E-state index is 8.57. The molecule has 20 heavy (non-hydrogen) atoms. The Kier molecular flexibility index (Phi) is 4.49. The maximum atomic E-state index is 8.57. The highest BCUT2D eigenvalue weighted by molar-refractivity contribution is 9.10. The Morgan fingerprint density at radius 3 is 1.90 bits per heavy atom. The van der Waals surface area contributed by atoms with Gasteiger partial charge >= 0.3 is 0 Å². The first-order valence-electron chi connectivity index (χ1n) is 5.73. The van der Waals surface area contributed by atoms with Gasteiger partial charge < -0.3 is 0 Å². The van der Waals surface area contributed by atoms with Gasteiger partial charge in [-0.15, -0.1) is 0 Å². The third-order valence-corrected chi connectivity index (χ3v) is 3.10. The van der Waals surface area contributed by atoms with Gasteiger partial charge in [-0.05, 0) is 35.4 Å². The van der Waals surface area contributed by atoms with Gasteiger partial charge in [-0.1, -0.05) is 40.2 Å². The Bertz CT molecular complexity index is 688. The number of halogens is 1. The quantitative estimate of drug-likeness (QED) is 0.686. The molecule has 0 atom stereocenters. The molecule has 0 saturated heterocycles. The minimum atomic E-state index is -0.206. The van der Waals surface area contributed by atoms with Crippen molar-refractivity contribution >= 4 is 27.3 Å². The predicted molar refractivity (Wildman–Crippen MR) is 81.9 cm³/mol. The standard InChI is InChI=1S/C15H9BrN4/c16-13-5-1-11(2-6-13)12-3-7-14(8-4-12)19-20-15(9-17)10-18/h1-8,19H. The lowest BCUT2D eigenvalue weighted by Crippen LogP contribution is -1.96. The highest BCUT2D eigenvalue weighted by atomic mass is 79.9. The van der Waals surface area contributed by atoms with Crippen molar-refractivity contribution in [2.45, 2.75) is 0 Å². The lowest BCUT2D eigenvalue weighted by molar-refractivity contribution is 1.34. The Labute approximate surface area is 125 Å². The molecule has 0 aromatic heterocycles. The summed E-state index contributed by atoms with van der Waals surface area (Å²) in [6.45, 7) is 0. The minimum absolute atomic E-state index is 0.206. The van der Waals surface area contributed by atoms with Gasteiger partial charge in [0.25, 0.3) is 0 Å². The Morgan fingerprint density at radius 2 is 1.40 bits per heavy atom. The van der Waals surface area contributed by atoms with Crippen LogP contribution in [0.2, 0.25) is 0 Å². The zero-order valence-electron chi connectivity index (χ0n) is 10.3. The summed E-state index contributed by atoms with van der Waals surface area (Å²) in [7, 11) is 0. The fraction of sp³-hybridized carbons (Fsp3) is 0. The average Bonchev–Trinajstić information content (AvgIpc) is 2.50. The van der Waals surface area contributed by atoms with E-state index in [1.54, 1.807) is 12.1 Å². The van der Waals surface area contributed by atoms with Crippen LogP contribution in [0.3, 0.4) is 0 Å². The summed E-state index contributed by atoms with van der Waals surface area (Å²) >= 11 is 3.40. The van der Waals surface area contributed by atoms with Crippen LogP contribution in [0.15, 0.2) is 58.1 Å². The van der Waals surface area contributed by atoms with Crippen molar-refractivity contribution < 1.29 is 0 Å². The van der Waals surface area contributed by atoms with Crippen molar-refractivity contribution in [2.24, 2.45) is 5.10 Å². The summed E-state index contributed by atoms with van der Waals surface area (Å²) in [5.41, 5.74) is 5.37. The maximum Gasteiger partial charge on any atom is 0.237 e. The molecule has 2 aromatic rings. The van der Waals surface area contributed by atoms with Crippen molar-refractivity contribution in [1.29, 1.82) is 10.5 Å². The first-order valence-corrected chi connectivity index (χ1v) is 6.52. The fourth-order valence-electron chi connectivity index (χ4n) is 1.58. The van der Waals surface area contributed by atoms with E-state index in [2.05, 4.69) is 26.5 Å². The van der Waals surface area contributed by atoms with Gasteiger partial charge in [-0.25, -0.2) is 0 Å². The van der Waals surface area contributed by atoms with Gasteiger partial charge in [0.2, 0.25) is 5.71 Å². The number of rotatable bonds is 3. The summed E-state index contributed by atoms with van der Waals surface area (Å²) in [5.74, 6) is 0. The van der Waals surface area contributed by atoms with Gasteiger partial charge in [-0.2, -0.15) is 15.6 Å². The molecule has 0 unspecified atom stereocenters. The lowest BCUT2D eigenvalue weighted by atomic mass is 10.1. The molecule has 0 amide bonds. The monoisotopic (exact) mass is 324 g/mol. The molecule has 2 aromatic carbocycles. The van der Waals surface area contributed by atoms with Crippen LogP contribution in [0, 0.1) is 22.7 Å². The van der Waals surface area contributed by atoms with E-state index < -0.39 is 0 Å². The van der Waals surface area contributed by atoms with E-state index in [9.17, 15) is 0 Å². The molecule has 0 aliphatic heterocycles. The van der Waals surface area contributed by atoms with Crippen LogP contribution in [0.1, 0.15) is 0 Å². The van der Waals surface area contributed by atoms with E-state index in [1.807, 2.05) is 48.5 Å². The van der Waals surface area contributed by atoms with Gasteiger partial charge in [-0.3, -0.25) is 5.43 Å². The first-order chi connectivity index (χ1) is 9.72. The molecule has 2 rings (SSSR count). The van der Waals surface area contributed by atoms with Crippen LogP contribution < -0.4 is 5.43 Å². The molecular weight excluding hydrogens is 316 g/mol. The second-order valence-electron chi connectivity index (χ2n) is 3.88. The topological polar surface area (TPSA) is 72.0 Å². The van der Waals surface area contributed by atoms with E-state index >= 15 is 0 Å². The van der Waals surface area contributed by atoms with Gasteiger partial charge in [0.05, 0.1) is 5.69 Å². The number of nitrogens with zero attached hydrogens (tertiary/aromatic N) is 3. The molecule has 0 bridgehead atoms. The smallest absolute Gasteiger partial charge is 0.237 e. The molecule has 96 valence electrons. The van der Waals surface area contributed by atoms with Crippen LogP contribution in [-0.4, -0.2) is 5.71 Å². The summed E-state index contributed by atoms with van der Waals surface area (Å²) in [6.07, 6.45) is 0. The zero-order chi connectivity index (χ0) is 14.4. The van der Waals surface area contributed by atoms with Crippen LogP contribution >= 0.6 is 15.9 Å². The van der Waals surface area contributed by atoms with Crippen LogP contribution in [0.5, 0.6) is 0 Å². The van der Waals surface area contributed by atoms with E-state index in [4.69, 9.17) is 10.5 Å². The number of anilines is 1. The van der Waals surface area contributed by atoms with Crippen molar-refractivity contribution in [3.63, 3.8) is 0 Å². The Morgan fingerprint density at radius 1 is 0.900 bits per heavy atom. The van der Waals surface area contributed by atoms with E-state index in [0.29, 0.717) is 5.69 Å². The summed E-state index contributed by atoms with van der Waals surface area (Å²) in [5, 5.41) is 20.8. The fourth-order valence-corrected chi connectivity index (χ4v) is 1.84. The molecule has 0 heterocycles. The molecule has 0 saturated carbocycles. The molecule has 0 fully saturated rings. The van der Waals surface area contributed by atoms with Crippen molar-refractivity contribution in [1.82, 2.24) is 0 Å². The highest BCUT2D eigenvalue weighted by Crippen LogP contribution is 2.23. The van der Waals surface area contributed by atoms with Gasteiger partial charge in [0.15, 0.2) is 0 Å². The van der Waals surface area contributed by atoms with Crippen LogP contribution in [0.25, 0.3) is 11.1 Å². The largest absolute Gasteiger partial charge is 0.277 e. The lowest BCUT2D eigenvalue weighted by Gasteiger charge is -2.04. The first kappa shape index (κ1) is 13.8. The molecule has 1 N–H and O–H groups in total. The number of benzene rings is 2. The van der Waals surface area contributed by atoms with Crippen LogP contribution in [-0.2, 0) is 0 Å². The minimum Gasteiger partial charge on any atom is -0.277 e. The van der Waals surface area contributed by atoms with E-state index in [0.717, 1.165) is 15.6 Å². The summed E-state index contributed by atoms with van der Waals surface area (Å²) in [6, 6.07) is 19.0. The second-order valence-corrected chi connectivity index (χ2v) is 4.80. The van der Waals surface area contributed by atoms with Crippen molar-refractivity contribution in [2.75, 3.05) is 5.43 Å². The van der Waals surface area contributed by atoms with Gasteiger partial charge in [0.1, 0.15) is 12.1 Å². The molecule has 0 spiro atoms. The number of nitriles is 2. The van der Waals surface area contributed by atoms with E-state index in [1.165, 1.54) is 0 Å². The molecule has 4 nitrogen and oxygen atoms in total. The highest BCUT2D eigenvalue weighted by Gasteiger charge is 1.98. The third kappa shape index (κ3) is 3.44. The predicted octanol–water partition coefficient (Wildman–Crippen LogP) is 3.93. The number of hydrogen-bond acceptors (Lipinski definition) is 4. The zero-order valence-corrected chi connectivity index (χ0v) is 11.9. The molecule has 0 radical (unpaired) electrons. The molecular formula is C15H9BrN4.